The zero-order valence-corrected chi connectivity index (χ0v) is 12.8. The van der Waals surface area contributed by atoms with Crippen LogP contribution in [0.5, 0.6) is 0 Å². The summed E-state index contributed by atoms with van der Waals surface area (Å²) < 4.78 is 0. The molecule has 1 aromatic carbocycles. The van der Waals surface area contributed by atoms with E-state index in [2.05, 4.69) is 28.1 Å². The molecule has 1 aliphatic rings. The molecular formula is C16H26N4O. The van der Waals surface area contributed by atoms with Crippen LogP contribution in [0.2, 0.25) is 0 Å². The highest BCUT2D eigenvalue weighted by Crippen LogP contribution is 2.18. The second-order valence-electron chi connectivity index (χ2n) is 5.56. The van der Waals surface area contributed by atoms with Crippen LogP contribution >= 0.6 is 0 Å². The summed E-state index contributed by atoms with van der Waals surface area (Å²) in [6.07, 6.45) is 2.16. The van der Waals surface area contributed by atoms with Crippen LogP contribution < -0.4 is 16.0 Å². The summed E-state index contributed by atoms with van der Waals surface area (Å²) in [4.78, 5) is 16.3. The minimum atomic E-state index is 0.140. The van der Waals surface area contributed by atoms with Crippen molar-refractivity contribution >= 4 is 17.3 Å². The first-order valence-corrected chi connectivity index (χ1v) is 7.78. The van der Waals surface area contributed by atoms with Crippen molar-refractivity contribution in [2.75, 3.05) is 49.9 Å². The number of nitrogens with one attached hydrogen (secondary N) is 1. The molecule has 0 unspecified atom stereocenters. The number of piperazine rings is 1. The van der Waals surface area contributed by atoms with Gasteiger partial charge in [-0.25, -0.2) is 0 Å². The van der Waals surface area contributed by atoms with E-state index in [1.165, 1.54) is 5.69 Å². The molecule has 0 radical (unpaired) electrons. The Kier molecular flexibility index (Phi) is 5.87. The van der Waals surface area contributed by atoms with Gasteiger partial charge in [0.1, 0.15) is 0 Å². The fourth-order valence-electron chi connectivity index (χ4n) is 2.55. The van der Waals surface area contributed by atoms with E-state index in [-0.39, 0.29) is 5.91 Å². The third-order valence-corrected chi connectivity index (χ3v) is 3.83. The van der Waals surface area contributed by atoms with Gasteiger partial charge in [-0.15, -0.1) is 0 Å². The number of carbonyl (C=O) groups excluding carboxylic acids is 1. The molecule has 2 rings (SSSR count). The molecule has 1 fully saturated rings. The van der Waals surface area contributed by atoms with Gasteiger partial charge < -0.3 is 16.0 Å². The Labute approximate surface area is 127 Å². The van der Waals surface area contributed by atoms with Crippen LogP contribution in [0, 0.1) is 0 Å². The van der Waals surface area contributed by atoms with E-state index in [9.17, 15) is 4.79 Å². The third-order valence-electron chi connectivity index (χ3n) is 3.83. The summed E-state index contributed by atoms with van der Waals surface area (Å²) in [6, 6.07) is 7.98. The molecule has 1 amide bonds. The molecule has 5 nitrogen and oxygen atoms in total. The summed E-state index contributed by atoms with van der Waals surface area (Å²) in [5.74, 6) is 0.140. The number of hydrogen-bond acceptors (Lipinski definition) is 4. The topological polar surface area (TPSA) is 61.6 Å². The fourth-order valence-corrected chi connectivity index (χ4v) is 2.55. The molecule has 1 heterocycles. The lowest BCUT2D eigenvalue weighted by Gasteiger charge is -2.35. The van der Waals surface area contributed by atoms with E-state index in [1.807, 2.05) is 18.2 Å². The number of benzene rings is 1. The van der Waals surface area contributed by atoms with Gasteiger partial charge in [-0.1, -0.05) is 19.4 Å². The lowest BCUT2D eigenvalue weighted by Crippen LogP contribution is -2.49. The summed E-state index contributed by atoms with van der Waals surface area (Å²) in [5.41, 5.74) is 7.79. The zero-order valence-electron chi connectivity index (χ0n) is 12.8. The minimum Gasteiger partial charge on any atom is -0.399 e. The van der Waals surface area contributed by atoms with Gasteiger partial charge in [0.25, 0.3) is 0 Å². The van der Waals surface area contributed by atoms with Gasteiger partial charge in [0.2, 0.25) is 5.91 Å². The van der Waals surface area contributed by atoms with Crippen molar-refractivity contribution in [3.8, 4) is 0 Å². The van der Waals surface area contributed by atoms with Crippen molar-refractivity contribution in [1.29, 1.82) is 0 Å². The molecule has 0 aliphatic carbocycles. The van der Waals surface area contributed by atoms with Gasteiger partial charge in [-0.2, -0.15) is 0 Å². The molecular weight excluding hydrogens is 264 g/mol. The van der Waals surface area contributed by atoms with Gasteiger partial charge in [-0.05, 0) is 24.6 Å². The van der Waals surface area contributed by atoms with E-state index < -0.39 is 0 Å². The highest BCUT2D eigenvalue weighted by Gasteiger charge is 2.19. The number of anilines is 2. The second kappa shape index (κ2) is 7.88. The van der Waals surface area contributed by atoms with Crippen molar-refractivity contribution in [3.63, 3.8) is 0 Å². The SMILES string of the molecule is CCCCNC(=O)CN1CCN(c2cccc(N)c2)CC1. The Hall–Kier alpha value is -1.75. The van der Waals surface area contributed by atoms with E-state index in [0.717, 1.165) is 51.3 Å². The highest BCUT2D eigenvalue weighted by molar-refractivity contribution is 5.78. The summed E-state index contributed by atoms with van der Waals surface area (Å²) in [5, 5.41) is 2.97. The molecule has 0 saturated carbocycles. The lowest BCUT2D eigenvalue weighted by atomic mass is 10.2. The Morgan fingerprint density at radius 1 is 1.29 bits per heavy atom. The Morgan fingerprint density at radius 2 is 2.05 bits per heavy atom. The summed E-state index contributed by atoms with van der Waals surface area (Å²) in [7, 11) is 0. The number of carbonyl (C=O) groups is 1. The Balaban J connectivity index is 1.74. The van der Waals surface area contributed by atoms with Crippen LogP contribution in [0.25, 0.3) is 0 Å². The number of rotatable bonds is 6. The molecule has 0 atom stereocenters. The average molecular weight is 290 g/mol. The molecule has 1 aromatic rings. The first-order chi connectivity index (χ1) is 10.2. The maximum atomic E-state index is 11.8. The van der Waals surface area contributed by atoms with Crippen LogP contribution in [0.4, 0.5) is 11.4 Å². The van der Waals surface area contributed by atoms with E-state index in [1.54, 1.807) is 0 Å². The van der Waals surface area contributed by atoms with Gasteiger partial charge in [0.05, 0.1) is 6.54 Å². The minimum absolute atomic E-state index is 0.140. The first kappa shape index (κ1) is 15.6. The van der Waals surface area contributed by atoms with E-state index in [0.29, 0.717) is 6.54 Å². The van der Waals surface area contributed by atoms with E-state index >= 15 is 0 Å². The molecule has 0 aromatic heterocycles. The van der Waals surface area contributed by atoms with Crippen LogP contribution in [0.1, 0.15) is 19.8 Å². The number of hydrogen-bond donors (Lipinski definition) is 2. The number of nitrogens with zero attached hydrogens (tertiary/aromatic N) is 2. The van der Waals surface area contributed by atoms with Crippen molar-refractivity contribution in [1.82, 2.24) is 10.2 Å². The van der Waals surface area contributed by atoms with Gasteiger partial charge in [0.15, 0.2) is 0 Å². The van der Waals surface area contributed by atoms with Gasteiger partial charge in [-0.3, -0.25) is 9.69 Å². The van der Waals surface area contributed by atoms with E-state index in [4.69, 9.17) is 5.73 Å². The molecule has 3 N–H and O–H groups in total. The molecule has 5 heteroatoms. The van der Waals surface area contributed by atoms with Gasteiger partial charge >= 0.3 is 0 Å². The molecule has 116 valence electrons. The second-order valence-corrected chi connectivity index (χ2v) is 5.56. The van der Waals surface area contributed by atoms with Crippen molar-refractivity contribution in [2.24, 2.45) is 0 Å². The average Bonchev–Trinajstić information content (AvgIpc) is 2.48. The molecule has 1 aliphatic heterocycles. The van der Waals surface area contributed by atoms with Crippen LogP contribution in [0.3, 0.4) is 0 Å². The van der Waals surface area contributed by atoms with Crippen LogP contribution in [0.15, 0.2) is 24.3 Å². The molecule has 0 spiro atoms. The summed E-state index contributed by atoms with van der Waals surface area (Å²) >= 11 is 0. The van der Waals surface area contributed by atoms with Crippen LogP contribution in [-0.4, -0.2) is 50.1 Å². The third kappa shape index (κ3) is 4.93. The quantitative estimate of drug-likeness (QED) is 0.612. The van der Waals surface area contributed by atoms with Gasteiger partial charge in [0, 0.05) is 44.1 Å². The predicted molar refractivity (Wildman–Crippen MR) is 87.4 cm³/mol. The fraction of sp³-hybridized carbons (Fsp3) is 0.562. The zero-order chi connectivity index (χ0) is 15.1. The number of unbranched alkanes of at least 4 members (excludes halogenated alkanes) is 1. The number of amides is 1. The van der Waals surface area contributed by atoms with Crippen molar-refractivity contribution in [2.45, 2.75) is 19.8 Å². The number of nitrogens with two attached hydrogens (primary N) is 1. The smallest absolute Gasteiger partial charge is 0.234 e. The normalized spacial score (nSPS) is 16.0. The largest absolute Gasteiger partial charge is 0.399 e. The molecule has 0 bridgehead atoms. The summed E-state index contributed by atoms with van der Waals surface area (Å²) in [6.45, 7) is 7.12. The maximum Gasteiger partial charge on any atom is 0.234 e. The highest BCUT2D eigenvalue weighted by atomic mass is 16.2. The van der Waals surface area contributed by atoms with Crippen LogP contribution in [-0.2, 0) is 4.79 Å². The predicted octanol–water partition coefficient (Wildman–Crippen LogP) is 1.31. The standard InChI is InChI=1S/C16H26N4O/c1-2-3-7-18-16(21)13-19-8-10-20(11-9-19)15-6-4-5-14(17)12-15/h4-6,12H,2-3,7-11,13,17H2,1H3,(H,18,21). The van der Waals surface area contributed by atoms with Crippen molar-refractivity contribution in [3.05, 3.63) is 24.3 Å². The number of nitrogen functional groups attached to an aromatic ring is 1. The molecule has 21 heavy (non-hydrogen) atoms. The first-order valence-electron chi connectivity index (χ1n) is 7.78. The van der Waals surface area contributed by atoms with Crippen molar-refractivity contribution < 1.29 is 4.79 Å². The Morgan fingerprint density at radius 3 is 2.71 bits per heavy atom. The maximum absolute atomic E-state index is 11.8. The lowest BCUT2D eigenvalue weighted by molar-refractivity contribution is -0.122. The molecule has 1 saturated heterocycles. The monoisotopic (exact) mass is 290 g/mol. The Bertz CT molecular complexity index is 455.